The first-order valence-corrected chi connectivity index (χ1v) is 6.34. The largest absolute Gasteiger partial charge is 0.245 e. The van der Waals surface area contributed by atoms with E-state index in [1.165, 1.54) is 41.8 Å². The van der Waals surface area contributed by atoms with Crippen molar-refractivity contribution in [3.8, 4) is 10.6 Å². The Morgan fingerprint density at radius 1 is 1.13 bits per heavy atom. The molecule has 0 spiro atoms. The molecule has 0 N–H and O–H groups in total. The Hall–Kier alpha value is -1.15. The van der Waals surface area contributed by atoms with Crippen LogP contribution in [0.25, 0.3) is 10.6 Å². The molecule has 0 unspecified atom stereocenters. The fourth-order valence-electron chi connectivity index (χ4n) is 2.34. The van der Waals surface area contributed by atoms with Crippen LogP contribution in [0.1, 0.15) is 24.0 Å². The maximum absolute atomic E-state index is 4.41. The number of aromatic nitrogens is 1. The number of rotatable bonds is 1. The van der Waals surface area contributed by atoms with Crippen LogP contribution < -0.4 is 0 Å². The monoisotopic (exact) mass is 215 g/mol. The Bertz CT molecular complexity index is 459. The van der Waals surface area contributed by atoms with Gasteiger partial charge in [0.2, 0.25) is 0 Å². The van der Waals surface area contributed by atoms with Crippen molar-refractivity contribution in [3.05, 3.63) is 40.9 Å². The minimum Gasteiger partial charge on any atom is -0.245 e. The number of benzene rings is 1. The van der Waals surface area contributed by atoms with Gasteiger partial charge in [0.05, 0.1) is 0 Å². The fraction of sp³-hybridized carbons (Fsp3) is 0.308. The van der Waals surface area contributed by atoms with Crippen LogP contribution in [-0.2, 0) is 12.8 Å². The zero-order chi connectivity index (χ0) is 10.1. The van der Waals surface area contributed by atoms with Crippen molar-refractivity contribution in [2.45, 2.75) is 25.7 Å². The van der Waals surface area contributed by atoms with Crippen molar-refractivity contribution < 1.29 is 0 Å². The average molecular weight is 215 g/mol. The summed E-state index contributed by atoms with van der Waals surface area (Å²) in [5, 5.41) is 3.23. The van der Waals surface area contributed by atoms with Gasteiger partial charge in [0, 0.05) is 17.1 Å². The summed E-state index contributed by atoms with van der Waals surface area (Å²) in [6.07, 6.45) is 7.03. The van der Waals surface area contributed by atoms with Crippen molar-refractivity contribution in [2.24, 2.45) is 0 Å². The second-order valence-corrected chi connectivity index (χ2v) is 4.88. The molecule has 1 aliphatic carbocycles. The summed E-state index contributed by atoms with van der Waals surface area (Å²) < 4.78 is 0. The molecule has 1 aromatic heterocycles. The van der Waals surface area contributed by atoms with Gasteiger partial charge in [-0.1, -0.05) is 18.2 Å². The van der Waals surface area contributed by atoms with Crippen LogP contribution in [0.3, 0.4) is 0 Å². The SMILES string of the molecule is c1cc2c(c(-c3nccs3)c1)CCCC2. The highest BCUT2D eigenvalue weighted by Gasteiger charge is 2.14. The second-order valence-electron chi connectivity index (χ2n) is 3.99. The molecule has 0 saturated carbocycles. The lowest BCUT2D eigenvalue weighted by atomic mass is 9.88. The maximum atomic E-state index is 4.41. The summed E-state index contributed by atoms with van der Waals surface area (Å²) in [5.74, 6) is 0. The molecule has 1 aromatic carbocycles. The number of hydrogen-bond donors (Lipinski definition) is 0. The molecule has 2 heteroatoms. The number of hydrogen-bond acceptors (Lipinski definition) is 2. The number of nitrogens with zero attached hydrogens (tertiary/aromatic N) is 1. The third-order valence-electron chi connectivity index (χ3n) is 3.06. The molecule has 1 nitrogen and oxygen atoms in total. The van der Waals surface area contributed by atoms with Gasteiger partial charge in [-0.15, -0.1) is 11.3 Å². The molecule has 2 aromatic rings. The third-order valence-corrected chi connectivity index (χ3v) is 3.87. The quantitative estimate of drug-likeness (QED) is 0.707. The minimum atomic E-state index is 1.17. The van der Waals surface area contributed by atoms with Gasteiger partial charge in [-0.2, -0.15) is 0 Å². The standard InChI is InChI=1S/C13H13NS/c1-2-6-11-10(4-1)5-3-7-12(11)13-14-8-9-15-13/h3,5,7-9H,1-2,4,6H2. The average Bonchev–Trinajstić information content (AvgIpc) is 2.82. The van der Waals surface area contributed by atoms with Crippen LogP contribution in [-0.4, -0.2) is 4.98 Å². The molecule has 3 rings (SSSR count). The highest BCUT2D eigenvalue weighted by molar-refractivity contribution is 7.13. The lowest BCUT2D eigenvalue weighted by molar-refractivity contribution is 0.687. The van der Waals surface area contributed by atoms with Gasteiger partial charge < -0.3 is 0 Å². The molecule has 1 aliphatic rings. The van der Waals surface area contributed by atoms with Gasteiger partial charge >= 0.3 is 0 Å². The van der Waals surface area contributed by atoms with Gasteiger partial charge in [0.15, 0.2) is 0 Å². The van der Waals surface area contributed by atoms with E-state index in [0.29, 0.717) is 0 Å². The maximum Gasteiger partial charge on any atom is 0.123 e. The highest BCUT2D eigenvalue weighted by atomic mass is 32.1. The van der Waals surface area contributed by atoms with Gasteiger partial charge in [-0.3, -0.25) is 0 Å². The number of thiazole rings is 1. The first-order valence-electron chi connectivity index (χ1n) is 5.46. The molecule has 0 radical (unpaired) electrons. The Kier molecular flexibility index (Phi) is 2.29. The van der Waals surface area contributed by atoms with Crippen LogP contribution in [0.15, 0.2) is 29.8 Å². The summed E-state index contributed by atoms with van der Waals surface area (Å²) in [4.78, 5) is 4.41. The van der Waals surface area contributed by atoms with Crippen molar-refractivity contribution in [3.63, 3.8) is 0 Å². The molecular weight excluding hydrogens is 202 g/mol. The first-order chi connectivity index (χ1) is 7.45. The summed E-state index contributed by atoms with van der Waals surface area (Å²) in [5.41, 5.74) is 4.44. The summed E-state index contributed by atoms with van der Waals surface area (Å²) in [6, 6.07) is 6.65. The molecule has 15 heavy (non-hydrogen) atoms. The van der Waals surface area contributed by atoms with Crippen LogP contribution in [0.5, 0.6) is 0 Å². The molecule has 0 saturated heterocycles. The van der Waals surface area contributed by atoms with Gasteiger partial charge in [0.25, 0.3) is 0 Å². The Morgan fingerprint density at radius 3 is 2.93 bits per heavy atom. The fourth-order valence-corrected chi connectivity index (χ4v) is 3.03. The lowest BCUT2D eigenvalue weighted by Crippen LogP contribution is -2.03. The molecule has 0 fully saturated rings. The van der Waals surface area contributed by atoms with E-state index >= 15 is 0 Å². The summed E-state index contributed by atoms with van der Waals surface area (Å²) >= 11 is 1.74. The number of fused-ring (bicyclic) bond motifs is 1. The van der Waals surface area contributed by atoms with E-state index in [-0.39, 0.29) is 0 Å². The molecular formula is C13H13NS. The van der Waals surface area contributed by atoms with Gasteiger partial charge in [-0.25, -0.2) is 4.98 Å². The summed E-state index contributed by atoms with van der Waals surface area (Å²) in [6.45, 7) is 0. The molecule has 0 bridgehead atoms. The van der Waals surface area contributed by atoms with E-state index in [0.717, 1.165) is 0 Å². The Balaban J connectivity index is 2.15. The third kappa shape index (κ3) is 1.59. The highest BCUT2D eigenvalue weighted by Crippen LogP contribution is 2.32. The van der Waals surface area contributed by atoms with Crippen molar-refractivity contribution in [1.29, 1.82) is 0 Å². The van der Waals surface area contributed by atoms with E-state index in [2.05, 4.69) is 28.6 Å². The van der Waals surface area contributed by atoms with E-state index in [1.54, 1.807) is 16.9 Å². The second kappa shape index (κ2) is 3.78. The predicted octanol–water partition coefficient (Wildman–Crippen LogP) is 3.69. The number of aryl methyl sites for hydroxylation is 1. The van der Waals surface area contributed by atoms with E-state index in [9.17, 15) is 0 Å². The van der Waals surface area contributed by atoms with E-state index < -0.39 is 0 Å². The van der Waals surface area contributed by atoms with Gasteiger partial charge in [-0.05, 0) is 36.8 Å². The topological polar surface area (TPSA) is 12.9 Å². The normalized spacial score (nSPS) is 14.9. The van der Waals surface area contributed by atoms with E-state index in [4.69, 9.17) is 0 Å². The van der Waals surface area contributed by atoms with Crippen LogP contribution in [0, 0.1) is 0 Å². The van der Waals surface area contributed by atoms with Crippen molar-refractivity contribution in [1.82, 2.24) is 4.98 Å². The van der Waals surface area contributed by atoms with Crippen molar-refractivity contribution >= 4 is 11.3 Å². The first kappa shape index (κ1) is 9.10. The zero-order valence-electron chi connectivity index (χ0n) is 8.57. The summed E-state index contributed by atoms with van der Waals surface area (Å²) in [7, 11) is 0. The molecule has 0 aliphatic heterocycles. The Labute approximate surface area is 93.8 Å². The van der Waals surface area contributed by atoms with Crippen LogP contribution in [0.2, 0.25) is 0 Å². The molecule has 76 valence electrons. The molecule has 0 amide bonds. The minimum absolute atomic E-state index is 1.17. The molecule has 1 heterocycles. The van der Waals surface area contributed by atoms with Crippen molar-refractivity contribution in [2.75, 3.05) is 0 Å². The Morgan fingerprint density at radius 2 is 2.07 bits per heavy atom. The van der Waals surface area contributed by atoms with Crippen LogP contribution >= 0.6 is 11.3 Å². The zero-order valence-corrected chi connectivity index (χ0v) is 9.39. The molecule has 0 atom stereocenters. The smallest absolute Gasteiger partial charge is 0.123 e. The van der Waals surface area contributed by atoms with Gasteiger partial charge in [0.1, 0.15) is 5.01 Å². The predicted molar refractivity (Wildman–Crippen MR) is 64.2 cm³/mol. The van der Waals surface area contributed by atoms with E-state index in [1.807, 2.05) is 6.20 Å². The van der Waals surface area contributed by atoms with Crippen LogP contribution in [0.4, 0.5) is 0 Å². The lowest BCUT2D eigenvalue weighted by Gasteiger charge is -2.18.